The molecule has 0 aromatic heterocycles. The fourth-order valence-electron chi connectivity index (χ4n) is 1.35. The van der Waals surface area contributed by atoms with Gasteiger partial charge in [0, 0.05) is 32.6 Å². The van der Waals surface area contributed by atoms with Crippen molar-refractivity contribution in [3.05, 3.63) is 11.8 Å². The molecular weight excluding hydrogens is 325 g/mol. The highest BCUT2D eigenvalue weighted by Gasteiger charge is 2.09. The minimum Gasteiger partial charge on any atom is -0.402 e. The van der Waals surface area contributed by atoms with Crippen LogP contribution in [0, 0.1) is 0 Å². The van der Waals surface area contributed by atoms with Gasteiger partial charge in [0.25, 0.3) is 0 Å². The van der Waals surface area contributed by atoms with Crippen molar-refractivity contribution >= 4 is 11.6 Å². The van der Waals surface area contributed by atoms with E-state index in [4.69, 9.17) is 10.5 Å². The van der Waals surface area contributed by atoms with Crippen molar-refractivity contribution in [2.45, 2.75) is 60.2 Å². The van der Waals surface area contributed by atoms with E-state index in [-0.39, 0.29) is 24.2 Å². The summed E-state index contributed by atoms with van der Waals surface area (Å²) in [6.07, 6.45) is 0.841. The normalized spacial score (nSPS) is 13.6. The third-order valence-corrected chi connectivity index (χ3v) is 2.67. The van der Waals surface area contributed by atoms with E-state index in [1.165, 1.54) is 13.0 Å². The standard InChI is InChI=1S/C13H24FN3O2.C3H8O.C2H6/c1-5-11(15)6-12(10(3)14)16-7-13(18)17-9(2)8-19-4;1-3-4-2;1-2/h6,9-10H,5,7-8,15H2,1-4H3,(H,17,18);3H2,1-2H3;1-2H3/b11-6-,16-12?;;. The fourth-order valence-corrected chi connectivity index (χ4v) is 1.35. The average Bonchev–Trinajstić information content (AvgIpc) is 2.60. The second kappa shape index (κ2) is 20.6. The van der Waals surface area contributed by atoms with E-state index in [0.29, 0.717) is 18.7 Å². The summed E-state index contributed by atoms with van der Waals surface area (Å²) in [6.45, 7) is 12.1. The predicted octanol–water partition coefficient (Wildman–Crippen LogP) is 2.87. The first kappa shape index (κ1) is 28.3. The predicted molar refractivity (Wildman–Crippen MR) is 104 cm³/mol. The lowest BCUT2D eigenvalue weighted by atomic mass is 10.2. The minimum atomic E-state index is -1.26. The van der Waals surface area contributed by atoms with Crippen molar-refractivity contribution in [2.24, 2.45) is 10.7 Å². The molecule has 0 fully saturated rings. The third-order valence-electron chi connectivity index (χ3n) is 2.67. The number of methoxy groups -OCH3 is 2. The van der Waals surface area contributed by atoms with Crippen LogP contribution in [-0.4, -0.2) is 57.8 Å². The molecule has 0 saturated heterocycles. The summed E-state index contributed by atoms with van der Waals surface area (Å²) >= 11 is 0. The lowest BCUT2D eigenvalue weighted by molar-refractivity contribution is -0.120. The molecule has 7 heteroatoms. The van der Waals surface area contributed by atoms with Crippen LogP contribution in [0.25, 0.3) is 0 Å². The Balaban J connectivity index is -0.000000701. The molecule has 0 saturated carbocycles. The summed E-state index contributed by atoms with van der Waals surface area (Å²) in [5, 5.41) is 2.70. The number of rotatable bonds is 9. The molecule has 0 spiro atoms. The van der Waals surface area contributed by atoms with Crippen molar-refractivity contribution in [1.82, 2.24) is 5.32 Å². The number of carbonyl (C=O) groups excluding carboxylic acids is 1. The average molecular weight is 364 g/mol. The second-order valence-electron chi connectivity index (χ2n) is 4.93. The number of halogens is 1. The third kappa shape index (κ3) is 20.5. The van der Waals surface area contributed by atoms with Crippen LogP contribution in [0.5, 0.6) is 0 Å². The van der Waals surface area contributed by atoms with Crippen molar-refractivity contribution in [3.8, 4) is 0 Å². The van der Waals surface area contributed by atoms with Crippen LogP contribution >= 0.6 is 0 Å². The van der Waals surface area contributed by atoms with Gasteiger partial charge in [-0.3, -0.25) is 9.79 Å². The topological polar surface area (TPSA) is 85.9 Å². The number of alkyl halides is 1. The van der Waals surface area contributed by atoms with Crippen LogP contribution in [0.4, 0.5) is 4.39 Å². The maximum atomic E-state index is 13.3. The van der Waals surface area contributed by atoms with E-state index in [1.54, 1.807) is 14.2 Å². The Bertz CT molecular complexity index is 371. The smallest absolute Gasteiger partial charge is 0.241 e. The summed E-state index contributed by atoms with van der Waals surface area (Å²) in [5.74, 6) is -0.272. The molecule has 150 valence electrons. The Morgan fingerprint density at radius 1 is 1.24 bits per heavy atom. The zero-order valence-electron chi connectivity index (χ0n) is 17.2. The molecular formula is C18H38FN3O3. The number of carbonyl (C=O) groups is 1. The Morgan fingerprint density at radius 2 is 1.76 bits per heavy atom. The van der Waals surface area contributed by atoms with Gasteiger partial charge in [0.2, 0.25) is 5.91 Å². The molecule has 2 atom stereocenters. The fraction of sp³-hybridized carbons (Fsp3) is 0.778. The van der Waals surface area contributed by atoms with Crippen LogP contribution in [0.15, 0.2) is 16.8 Å². The van der Waals surface area contributed by atoms with Gasteiger partial charge in [-0.15, -0.1) is 0 Å². The van der Waals surface area contributed by atoms with Crippen LogP contribution in [0.2, 0.25) is 0 Å². The lowest BCUT2D eigenvalue weighted by Gasteiger charge is -2.12. The van der Waals surface area contributed by atoms with Crippen LogP contribution in [0.3, 0.4) is 0 Å². The molecule has 0 aliphatic rings. The molecule has 0 aliphatic heterocycles. The number of nitrogens with two attached hydrogens (primary N) is 1. The van der Waals surface area contributed by atoms with E-state index < -0.39 is 6.17 Å². The summed E-state index contributed by atoms with van der Waals surface area (Å²) in [7, 11) is 3.24. The molecule has 0 radical (unpaired) electrons. The van der Waals surface area contributed by atoms with Gasteiger partial charge < -0.3 is 20.5 Å². The van der Waals surface area contributed by atoms with E-state index in [9.17, 15) is 9.18 Å². The lowest BCUT2D eigenvalue weighted by Crippen LogP contribution is -2.37. The molecule has 6 nitrogen and oxygen atoms in total. The van der Waals surface area contributed by atoms with Gasteiger partial charge in [0.1, 0.15) is 12.7 Å². The number of amides is 1. The Morgan fingerprint density at radius 3 is 2.12 bits per heavy atom. The first-order valence-corrected chi connectivity index (χ1v) is 8.73. The zero-order valence-corrected chi connectivity index (χ0v) is 17.2. The molecule has 25 heavy (non-hydrogen) atoms. The Labute approximate surface area is 153 Å². The number of aliphatic imine (C=N–C) groups is 1. The van der Waals surface area contributed by atoms with Crippen molar-refractivity contribution in [3.63, 3.8) is 0 Å². The molecule has 0 heterocycles. The molecule has 1 amide bonds. The highest BCUT2D eigenvalue weighted by molar-refractivity contribution is 5.99. The molecule has 2 unspecified atom stereocenters. The van der Waals surface area contributed by atoms with Crippen molar-refractivity contribution < 1.29 is 18.7 Å². The first-order valence-electron chi connectivity index (χ1n) is 8.73. The maximum Gasteiger partial charge on any atom is 0.241 e. The van der Waals surface area contributed by atoms with Gasteiger partial charge in [-0.25, -0.2) is 4.39 Å². The van der Waals surface area contributed by atoms with Crippen LogP contribution in [0.1, 0.15) is 48.0 Å². The quantitative estimate of drug-likeness (QED) is 0.617. The zero-order chi connectivity index (χ0) is 20.3. The van der Waals surface area contributed by atoms with E-state index in [0.717, 1.165) is 6.61 Å². The van der Waals surface area contributed by atoms with Crippen molar-refractivity contribution in [2.75, 3.05) is 34.0 Å². The largest absolute Gasteiger partial charge is 0.402 e. The number of hydrogen-bond donors (Lipinski definition) is 2. The highest BCUT2D eigenvalue weighted by Crippen LogP contribution is 2.00. The summed E-state index contributed by atoms with van der Waals surface area (Å²) in [4.78, 5) is 15.5. The molecule has 0 rings (SSSR count). The van der Waals surface area contributed by atoms with Gasteiger partial charge in [-0.2, -0.15) is 0 Å². The summed E-state index contributed by atoms with van der Waals surface area (Å²) < 4.78 is 22.8. The van der Waals surface area contributed by atoms with E-state index in [2.05, 4.69) is 15.0 Å². The number of ether oxygens (including phenoxy) is 2. The Hall–Kier alpha value is -1.47. The summed E-state index contributed by atoms with van der Waals surface area (Å²) in [5.41, 5.74) is 6.36. The number of allylic oxidation sites excluding steroid dienone is 2. The van der Waals surface area contributed by atoms with Gasteiger partial charge in [0.15, 0.2) is 0 Å². The van der Waals surface area contributed by atoms with Gasteiger partial charge in [0.05, 0.1) is 12.3 Å². The van der Waals surface area contributed by atoms with Gasteiger partial charge in [-0.1, -0.05) is 20.8 Å². The van der Waals surface area contributed by atoms with Gasteiger partial charge >= 0.3 is 0 Å². The van der Waals surface area contributed by atoms with Crippen LogP contribution < -0.4 is 11.1 Å². The summed E-state index contributed by atoms with van der Waals surface area (Å²) in [6, 6.07) is -0.102. The van der Waals surface area contributed by atoms with E-state index in [1.807, 2.05) is 34.6 Å². The minimum absolute atomic E-state index is 0.102. The first-order chi connectivity index (χ1) is 11.8. The van der Waals surface area contributed by atoms with Crippen molar-refractivity contribution in [1.29, 1.82) is 0 Å². The molecule has 3 N–H and O–H groups in total. The molecule has 0 aliphatic carbocycles. The molecule has 0 bridgehead atoms. The monoisotopic (exact) mass is 363 g/mol. The SMILES string of the molecule is CC.CC/C(N)=C/C(=NCC(=O)NC(C)COC)C(C)F.CCOC. The maximum absolute atomic E-state index is 13.3. The number of nitrogens with one attached hydrogen (secondary N) is 1. The number of nitrogens with zero attached hydrogens (tertiary/aromatic N) is 1. The highest BCUT2D eigenvalue weighted by atomic mass is 19.1. The molecule has 0 aromatic rings. The second-order valence-corrected chi connectivity index (χ2v) is 4.93. The van der Waals surface area contributed by atoms with E-state index >= 15 is 0 Å². The van der Waals surface area contributed by atoms with Crippen LogP contribution in [-0.2, 0) is 14.3 Å². The van der Waals surface area contributed by atoms with Gasteiger partial charge in [-0.05, 0) is 33.3 Å². The molecule has 0 aromatic carbocycles. The Kier molecular flexibility index (Phi) is 23.3. The number of hydrogen-bond acceptors (Lipinski definition) is 5.